The number of aliphatic imine (C=N–C) groups is 3. The van der Waals surface area contributed by atoms with Crippen molar-refractivity contribution in [3.05, 3.63) is 12.0 Å². The molecular formula is C99H167Cl2N15O16S2. The second kappa shape index (κ2) is 49.9. The van der Waals surface area contributed by atoms with Gasteiger partial charge in [0.2, 0.25) is 25.0 Å². The van der Waals surface area contributed by atoms with Crippen LogP contribution in [0, 0.1) is 111 Å². The standard InChI is InChI=1S/2C21H35N3O3.C18H29N3O3S.C16H27N3O.C11H19N3O2.C10H18O2.C2H4Cl2O2S/c1-14(2)15-6-8-16(9-7-15)17-22-18(25)21(23-17)10-12-24(13-11-21)19(26)27-20(3,4)5;1-15(2)16-6-8-17(9-7-16)18(25)23-21(14-22)10-12-24(13-11-21)19(26)27-20(3,4)5;1-4-25(23,24)21-11-9-18(10-12-21)17(22)19-16(20-18)15-7-5-14(6-8-15)13(2)3;1-11(2)12-3-5-13(6-4-12)14-18-15(20)16(19-14)7-9-17-10-8-16;1-10(2,3)16-9(15)14-6-4-11(13,8-12)5-7-14;1-7(2)8-3-5-9(6-4-8)10(11)12;3-1-2-7(4,5)6/h14-16H,6-13H2,1-5H3,(H,22,23,25);15-17H,6-13H2,1-5H3,(H,23,25);4,13-15H,1,5-12H2,2-3H3,(H,19,20,22);11-13,17H,3-10H2,1-2H3,(H,18,19,20);4-7,13H2,1-3H3;7-9H,3-6H2,1-2H3,(H,11,12);1-2H2. The van der Waals surface area contributed by atoms with E-state index in [2.05, 4.69) is 115 Å². The Labute approximate surface area is 811 Å². The van der Waals surface area contributed by atoms with E-state index in [0.717, 1.165) is 167 Å². The molecule has 760 valence electrons. The van der Waals surface area contributed by atoms with Crippen LogP contribution in [0.3, 0.4) is 0 Å². The van der Waals surface area contributed by atoms with E-state index in [1.54, 1.807) is 14.7 Å². The summed E-state index contributed by atoms with van der Waals surface area (Å²) in [7, 11) is -2.03. The number of halogens is 2. The Bertz CT molecular complexity index is 4310. The summed E-state index contributed by atoms with van der Waals surface area (Å²) >= 11 is 5.02. The Morgan fingerprint density at radius 2 is 0.761 bits per heavy atom. The smallest absolute Gasteiger partial charge is 0.410 e. The zero-order valence-electron chi connectivity index (χ0n) is 84.4. The molecule has 13 rings (SSSR count). The molecule has 5 aliphatic carbocycles. The van der Waals surface area contributed by atoms with Crippen LogP contribution in [0.2, 0.25) is 0 Å². The molecule has 0 aromatic heterocycles. The lowest BCUT2D eigenvalue weighted by Crippen LogP contribution is -2.57. The van der Waals surface area contributed by atoms with Crippen molar-refractivity contribution in [3.63, 3.8) is 0 Å². The van der Waals surface area contributed by atoms with Gasteiger partial charge >= 0.3 is 24.2 Å². The molecule has 8 N–H and O–H groups in total. The average molecular weight is 1960 g/mol. The number of piperidine rings is 5. The number of amides is 7. The summed E-state index contributed by atoms with van der Waals surface area (Å²) < 4.78 is 61.1. The van der Waals surface area contributed by atoms with Crippen LogP contribution in [-0.4, -0.2) is 228 Å². The Morgan fingerprint density at radius 1 is 0.478 bits per heavy atom. The normalized spacial score (nSPS) is 27.2. The number of carboxylic acids is 1. The van der Waals surface area contributed by atoms with E-state index >= 15 is 0 Å². The zero-order chi connectivity index (χ0) is 99.9. The van der Waals surface area contributed by atoms with Crippen molar-refractivity contribution in [1.29, 1.82) is 10.5 Å². The summed E-state index contributed by atoms with van der Waals surface area (Å²) in [4.78, 5) is 117. The van der Waals surface area contributed by atoms with Crippen molar-refractivity contribution in [2.75, 3.05) is 77.1 Å². The summed E-state index contributed by atoms with van der Waals surface area (Å²) in [5.41, 5.74) is 0.756. The molecule has 8 heterocycles. The number of carboxylic acid groups (broad SMARTS) is 1. The van der Waals surface area contributed by atoms with Crippen molar-refractivity contribution in [1.82, 2.24) is 45.6 Å². The summed E-state index contributed by atoms with van der Waals surface area (Å²) in [6.07, 6.45) is 26.7. The summed E-state index contributed by atoms with van der Waals surface area (Å²) in [5.74, 6) is 10.8. The third-order valence-corrected chi connectivity index (χ3v) is 33.0. The minimum absolute atomic E-state index is 0.00414. The van der Waals surface area contributed by atoms with Crippen molar-refractivity contribution >= 4 is 107 Å². The second-order valence-corrected chi connectivity index (χ2v) is 49.9. The van der Waals surface area contributed by atoms with Gasteiger partial charge in [0.1, 0.15) is 62.0 Å². The topological polar surface area (TPSA) is 437 Å². The molecule has 8 aliphatic heterocycles. The first-order valence-electron chi connectivity index (χ1n) is 50.1. The van der Waals surface area contributed by atoms with E-state index in [1.807, 2.05) is 62.3 Å². The van der Waals surface area contributed by atoms with Gasteiger partial charge in [-0.1, -0.05) is 75.8 Å². The van der Waals surface area contributed by atoms with E-state index in [-0.39, 0.29) is 65.4 Å². The fourth-order valence-corrected chi connectivity index (χ4v) is 22.7. The predicted molar refractivity (Wildman–Crippen MR) is 527 cm³/mol. The van der Waals surface area contributed by atoms with Crippen molar-refractivity contribution in [2.45, 2.75) is 369 Å². The number of rotatable bonds is 15. The number of hydrogen-bond donors (Lipinski definition) is 7. The average Bonchev–Trinajstić information content (AvgIpc) is 1.65. The van der Waals surface area contributed by atoms with Crippen LogP contribution in [-0.2, 0) is 57.3 Å². The largest absolute Gasteiger partial charge is 0.481 e. The van der Waals surface area contributed by atoms with Crippen LogP contribution < -0.4 is 32.3 Å². The van der Waals surface area contributed by atoms with E-state index < -0.39 is 69.5 Å². The Kier molecular flexibility index (Phi) is 42.5. The highest BCUT2D eigenvalue weighted by Crippen LogP contribution is 2.43. The fourth-order valence-electron chi connectivity index (χ4n) is 20.5. The minimum Gasteiger partial charge on any atom is -0.481 e. The number of sulfonamides is 1. The summed E-state index contributed by atoms with van der Waals surface area (Å²) in [6, 6.07) is 4.40. The highest BCUT2D eigenvalue weighted by Gasteiger charge is 2.52. The van der Waals surface area contributed by atoms with Crippen LogP contribution in [0.25, 0.3) is 0 Å². The number of alkyl halides is 1. The van der Waals surface area contributed by atoms with Gasteiger partial charge in [-0.2, -0.15) is 14.8 Å². The van der Waals surface area contributed by atoms with Gasteiger partial charge in [0, 0.05) is 111 Å². The number of nitrogens with zero attached hydrogens (tertiary/aromatic N) is 9. The molecule has 0 aromatic rings. The summed E-state index contributed by atoms with van der Waals surface area (Å²) in [5, 5.41) is 43.9. The highest BCUT2D eigenvalue weighted by molar-refractivity contribution is 8.13. The SMILES string of the molecule is C=CS(=O)(=O)N1CCC2(CC1)N=C(C1CCC(C(C)C)CC1)NC2=O.CC(C)(C)OC(=O)N1CCC(N)(C#N)CC1.CC(C)C1CCC(C(=O)NC2(C#N)CCN(C(=O)OC(C)(C)C)CC2)CC1.CC(C)C1CCC(C(=O)O)CC1.CC(C)C1CCC(C2=NC3(CCN(C(=O)OC(C)(C)C)CC3)C(=O)N2)CC1.CC(C)C1CCC(C2=NC3(CCNCC3)C(=O)N2)CC1.O=S(=O)(Cl)CCCl. The first-order valence-corrected chi connectivity index (χ1v) is 54.6. The number of amidine groups is 3. The Morgan fingerprint density at radius 3 is 1.02 bits per heavy atom. The molecule has 134 heavy (non-hydrogen) atoms. The van der Waals surface area contributed by atoms with Crippen molar-refractivity contribution in [3.8, 4) is 12.1 Å². The van der Waals surface area contributed by atoms with E-state index in [0.29, 0.717) is 139 Å². The van der Waals surface area contributed by atoms with Gasteiger partial charge in [-0.25, -0.2) is 31.2 Å². The number of carbonyl (C=O) groups is 8. The lowest BCUT2D eigenvalue weighted by molar-refractivity contribution is -0.143. The van der Waals surface area contributed by atoms with Gasteiger partial charge in [0.15, 0.2) is 0 Å². The van der Waals surface area contributed by atoms with Gasteiger partial charge < -0.3 is 66.3 Å². The maximum atomic E-state index is 12.7. The molecule has 10 fully saturated rings. The first kappa shape index (κ1) is 114. The second-order valence-electron chi connectivity index (χ2n) is 44.7. The molecule has 0 unspecified atom stereocenters. The number of carbonyl (C=O) groups excluding carboxylic acids is 7. The molecule has 0 radical (unpaired) electrons. The maximum absolute atomic E-state index is 12.7. The van der Waals surface area contributed by atoms with Gasteiger partial charge in [-0.05, 0) is 314 Å². The van der Waals surface area contributed by atoms with E-state index in [4.69, 9.17) is 67.6 Å². The molecule has 0 bridgehead atoms. The van der Waals surface area contributed by atoms with Gasteiger partial charge in [-0.3, -0.25) is 38.9 Å². The highest BCUT2D eigenvalue weighted by atomic mass is 35.7. The first-order chi connectivity index (χ1) is 62.4. The quantitative estimate of drug-likeness (QED) is 0.0455. The number of nitrogens with two attached hydrogens (primary N) is 1. The molecule has 7 amide bonds. The van der Waals surface area contributed by atoms with Crippen LogP contribution in [0.4, 0.5) is 14.4 Å². The Balaban J connectivity index is 0.000000220. The minimum atomic E-state index is -3.42. The fraction of sp³-hybridized carbons (Fsp3) is 0.848. The zero-order valence-corrected chi connectivity index (χ0v) is 87.5. The number of aliphatic carboxylic acids is 1. The van der Waals surface area contributed by atoms with Crippen LogP contribution >= 0.6 is 22.3 Å². The predicted octanol–water partition coefficient (Wildman–Crippen LogP) is 16.6. The van der Waals surface area contributed by atoms with E-state index in [1.165, 1.54) is 55.7 Å². The van der Waals surface area contributed by atoms with Crippen molar-refractivity contribution < 1.29 is 74.5 Å². The molecular weight excluding hydrogens is 1790 g/mol. The maximum Gasteiger partial charge on any atom is 0.410 e. The molecule has 13 aliphatic rings. The van der Waals surface area contributed by atoms with E-state index in [9.17, 15) is 60.5 Å². The molecule has 31 nitrogen and oxygen atoms in total. The number of nitrogens with one attached hydrogen (secondary N) is 5. The molecule has 3 spiro atoms. The van der Waals surface area contributed by atoms with Gasteiger partial charge in [0.05, 0.1) is 23.8 Å². The van der Waals surface area contributed by atoms with Crippen LogP contribution in [0.5, 0.6) is 0 Å². The third-order valence-electron chi connectivity index (χ3n) is 29.9. The van der Waals surface area contributed by atoms with Gasteiger partial charge in [0.25, 0.3) is 17.7 Å². The monoisotopic (exact) mass is 1960 g/mol. The molecule has 5 saturated carbocycles. The number of ether oxygens (including phenoxy) is 3. The molecule has 0 aromatic carbocycles. The number of likely N-dealkylation sites (tertiary alicyclic amines) is 3. The lowest BCUT2D eigenvalue weighted by Gasteiger charge is -2.39. The number of hydrogen-bond acceptors (Lipinski definition) is 22. The van der Waals surface area contributed by atoms with Crippen molar-refractivity contribution in [2.24, 2.45) is 109 Å². The van der Waals surface area contributed by atoms with Crippen LogP contribution in [0.15, 0.2) is 27.0 Å². The lowest BCUT2D eigenvalue weighted by atomic mass is 9.76. The Hall–Kier alpha value is -6.75. The summed E-state index contributed by atoms with van der Waals surface area (Å²) in [6.45, 7) is 48.0. The third kappa shape index (κ3) is 34.4. The molecule has 5 saturated heterocycles. The van der Waals surface area contributed by atoms with Gasteiger partial charge in [-0.15, -0.1) is 11.6 Å². The van der Waals surface area contributed by atoms with Crippen LogP contribution in [0.1, 0.15) is 324 Å². The number of nitriles is 2. The molecule has 0 atom stereocenters. The molecule has 35 heteroatoms.